The van der Waals surface area contributed by atoms with Crippen LogP contribution in [0.2, 0.25) is 0 Å². The molecule has 0 radical (unpaired) electrons. The van der Waals surface area contributed by atoms with E-state index in [-0.39, 0.29) is 11.2 Å². The first-order valence-electron chi connectivity index (χ1n) is 8.59. The second-order valence-electron chi connectivity index (χ2n) is 5.79. The quantitative estimate of drug-likeness (QED) is 0.630. The fourth-order valence-corrected chi connectivity index (χ4v) is 3.28. The summed E-state index contributed by atoms with van der Waals surface area (Å²) in [4.78, 5) is 16.7. The van der Waals surface area contributed by atoms with Crippen LogP contribution in [0.25, 0.3) is 11.4 Å². The molecule has 3 aromatic rings. The lowest BCUT2D eigenvalue weighted by atomic mass is 10.3. The van der Waals surface area contributed by atoms with Gasteiger partial charge in [-0.05, 0) is 38.1 Å². The van der Waals surface area contributed by atoms with E-state index in [0.717, 1.165) is 5.56 Å². The summed E-state index contributed by atoms with van der Waals surface area (Å²) in [7, 11) is 1.87. The molecule has 140 valence electrons. The highest BCUT2D eigenvalue weighted by Gasteiger charge is 2.20. The lowest BCUT2D eigenvalue weighted by Crippen LogP contribution is -2.23. The van der Waals surface area contributed by atoms with Gasteiger partial charge in [-0.3, -0.25) is 9.78 Å². The molecule has 0 fully saturated rings. The maximum atomic E-state index is 12.6. The monoisotopic (exact) mass is 383 g/mol. The number of aromatic nitrogens is 4. The molecule has 0 bridgehead atoms. The van der Waals surface area contributed by atoms with Crippen molar-refractivity contribution in [2.45, 2.75) is 24.3 Å². The summed E-state index contributed by atoms with van der Waals surface area (Å²) in [6.45, 7) is 4.28. The summed E-state index contributed by atoms with van der Waals surface area (Å²) < 4.78 is 7.41. The van der Waals surface area contributed by atoms with Gasteiger partial charge in [-0.25, -0.2) is 0 Å². The minimum absolute atomic E-state index is 0.127. The molecule has 1 amide bonds. The fourth-order valence-electron chi connectivity index (χ4n) is 2.46. The van der Waals surface area contributed by atoms with Crippen LogP contribution < -0.4 is 10.1 Å². The van der Waals surface area contributed by atoms with Crippen LogP contribution in [-0.2, 0) is 11.8 Å². The number of hydrogen-bond donors (Lipinski definition) is 1. The van der Waals surface area contributed by atoms with Crippen molar-refractivity contribution in [1.82, 2.24) is 19.7 Å². The van der Waals surface area contributed by atoms with Crippen LogP contribution in [0.3, 0.4) is 0 Å². The molecule has 1 atom stereocenters. The third kappa shape index (κ3) is 4.46. The lowest BCUT2D eigenvalue weighted by Gasteiger charge is -2.14. The number of rotatable bonds is 7. The Balaban J connectivity index is 1.70. The molecule has 1 N–H and O–H groups in total. The van der Waals surface area contributed by atoms with Crippen LogP contribution in [-0.4, -0.2) is 37.5 Å². The third-order valence-corrected chi connectivity index (χ3v) is 4.98. The summed E-state index contributed by atoms with van der Waals surface area (Å²) in [6, 6.07) is 11.2. The summed E-state index contributed by atoms with van der Waals surface area (Å²) in [6.07, 6.45) is 3.45. The number of ether oxygens (including phenoxy) is 1. The molecule has 0 aliphatic carbocycles. The zero-order chi connectivity index (χ0) is 19.2. The Morgan fingerprint density at radius 3 is 2.81 bits per heavy atom. The van der Waals surface area contributed by atoms with Crippen molar-refractivity contribution in [3.05, 3.63) is 48.8 Å². The number of para-hydroxylation sites is 2. The predicted octanol–water partition coefficient (Wildman–Crippen LogP) is 3.40. The lowest BCUT2D eigenvalue weighted by molar-refractivity contribution is -0.115. The predicted molar refractivity (Wildman–Crippen MR) is 106 cm³/mol. The molecule has 8 heteroatoms. The number of anilines is 1. The van der Waals surface area contributed by atoms with Crippen LogP contribution in [0.15, 0.2) is 53.9 Å². The number of nitrogens with zero attached hydrogens (tertiary/aromatic N) is 4. The average molecular weight is 383 g/mol. The largest absolute Gasteiger partial charge is 0.492 e. The molecule has 2 heterocycles. The van der Waals surface area contributed by atoms with Crippen molar-refractivity contribution in [3.8, 4) is 17.1 Å². The van der Waals surface area contributed by atoms with E-state index in [0.29, 0.717) is 29.0 Å². The molecule has 0 spiro atoms. The Kier molecular flexibility index (Phi) is 6.08. The Hall–Kier alpha value is -2.87. The van der Waals surface area contributed by atoms with Crippen molar-refractivity contribution in [2.75, 3.05) is 11.9 Å². The standard InChI is InChI=1S/C19H21N5O2S/c1-4-26-16-10-6-5-9-15(16)21-18(25)13(2)27-19-23-22-17(24(19)3)14-8-7-11-20-12-14/h5-13H,4H2,1-3H3,(H,21,25). The molecule has 0 aliphatic heterocycles. The van der Waals surface area contributed by atoms with Gasteiger partial charge in [0.15, 0.2) is 11.0 Å². The van der Waals surface area contributed by atoms with Crippen molar-refractivity contribution >= 4 is 23.4 Å². The van der Waals surface area contributed by atoms with Crippen LogP contribution in [0.1, 0.15) is 13.8 Å². The Bertz CT molecular complexity index is 913. The van der Waals surface area contributed by atoms with Gasteiger partial charge in [0.1, 0.15) is 5.75 Å². The smallest absolute Gasteiger partial charge is 0.237 e. The van der Waals surface area contributed by atoms with Gasteiger partial charge < -0.3 is 14.6 Å². The molecule has 0 saturated carbocycles. The van der Waals surface area contributed by atoms with Gasteiger partial charge in [-0.1, -0.05) is 23.9 Å². The molecule has 0 saturated heterocycles. The first-order chi connectivity index (χ1) is 13.1. The third-order valence-electron chi connectivity index (χ3n) is 3.85. The zero-order valence-electron chi connectivity index (χ0n) is 15.4. The summed E-state index contributed by atoms with van der Waals surface area (Å²) in [5.41, 5.74) is 1.54. The van der Waals surface area contributed by atoms with E-state index in [1.54, 1.807) is 12.4 Å². The Morgan fingerprint density at radius 1 is 1.26 bits per heavy atom. The van der Waals surface area contributed by atoms with Gasteiger partial charge in [0, 0.05) is 25.0 Å². The number of pyridine rings is 1. The van der Waals surface area contributed by atoms with E-state index in [9.17, 15) is 4.79 Å². The van der Waals surface area contributed by atoms with E-state index < -0.39 is 0 Å². The first-order valence-corrected chi connectivity index (χ1v) is 9.47. The highest BCUT2D eigenvalue weighted by molar-refractivity contribution is 8.00. The molecule has 3 rings (SSSR count). The van der Waals surface area contributed by atoms with Gasteiger partial charge in [0.25, 0.3) is 0 Å². The summed E-state index contributed by atoms with van der Waals surface area (Å²) in [5, 5.41) is 11.7. The molecular weight excluding hydrogens is 362 g/mol. The van der Waals surface area contributed by atoms with Crippen molar-refractivity contribution in [1.29, 1.82) is 0 Å². The second-order valence-corrected chi connectivity index (χ2v) is 7.09. The number of amides is 1. The van der Waals surface area contributed by atoms with Crippen molar-refractivity contribution < 1.29 is 9.53 Å². The molecule has 1 unspecified atom stereocenters. The van der Waals surface area contributed by atoms with Crippen molar-refractivity contribution in [2.24, 2.45) is 7.05 Å². The highest BCUT2D eigenvalue weighted by Crippen LogP contribution is 2.28. The minimum atomic E-state index is -0.357. The van der Waals surface area contributed by atoms with Crippen LogP contribution in [0, 0.1) is 0 Å². The van der Waals surface area contributed by atoms with Gasteiger partial charge in [-0.15, -0.1) is 10.2 Å². The molecule has 0 aliphatic rings. The maximum Gasteiger partial charge on any atom is 0.237 e. The summed E-state index contributed by atoms with van der Waals surface area (Å²) >= 11 is 1.35. The molecular formula is C19H21N5O2S. The fraction of sp³-hybridized carbons (Fsp3) is 0.263. The zero-order valence-corrected chi connectivity index (χ0v) is 16.2. The van der Waals surface area contributed by atoms with E-state index in [2.05, 4.69) is 20.5 Å². The molecule has 7 nitrogen and oxygen atoms in total. The Morgan fingerprint density at radius 2 is 2.07 bits per heavy atom. The van der Waals surface area contributed by atoms with Crippen LogP contribution >= 0.6 is 11.8 Å². The van der Waals surface area contributed by atoms with E-state index in [1.807, 2.05) is 61.9 Å². The van der Waals surface area contributed by atoms with Gasteiger partial charge in [0.05, 0.1) is 17.5 Å². The van der Waals surface area contributed by atoms with Crippen LogP contribution in [0.4, 0.5) is 5.69 Å². The average Bonchev–Trinajstić information content (AvgIpc) is 3.04. The van der Waals surface area contributed by atoms with E-state index in [1.165, 1.54) is 11.8 Å². The van der Waals surface area contributed by atoms with Gasteiger partial charge >= 0.3 is 0 Å². The SMILES string of the molecule is CCOc1ccccc1NC(=O)C(C)Sc1nnc(-c2cccnc2)n1C. The normalized spacial score (nSPS) is 11.8. The number of hydrogen-bond acceptors (Lipinski definition) is 6. The molecule has 27 heavy (non-hydrogen) atoms. The highest BCUT2D eigenvalue weighted by atomic mass is 32.2. The topological polar surface area (TPSA) is 81.9 Å². The van der Waals surface area contributed by atoms with E-state index in [4.69, 9.17) is 4.74 Å². The minimum Gasteiger partial charge on any atom is -0.492 e. The number of benzene rings is 1. The number of thioether (sulfide) groups is 1. The maximum absolute atomic E-state index is 12.6. The van der Waals surface area contributed by atoms with E-state index >= 15 is 0 Å². The Labute approximate surface area is 162 Å². The number of carbonyl (C=O) groups excluding carboxylic acids is 1. The molecule has 2 aromatic heterocycles. The summed E-state index contributed by atoms with van der Waals surface area (Å²) in [5.74, 6) is 1.24. The second kappa shape index (κ2) is 8.68. The van der Waals surface area contributed by atoms with Gasteiger partial charge in [0.2, 0.25) is 5.91 Å². The number of carbonyl (C=O) groups is 1. The van der Waals surface area contributed by atoms with Gasteiger partial charge in [-0.2, -0.15) is 0 Å². The van der Waals surface area contributed by atoms with Crippen LogP contribution in [0.5, 0.6) is 5.75 Å². The number of nitrogens with one attached hydrogen (secondary N) is 1. The molecule has 1 aromatic carbocycles. The van der Waals surface area contributed by atoms with Crippen molar-refractivity contribution in [3.63, 3.8) is 0 Å². The first kappa shape index (κ1) is 18.9.